The molecule has 0 bridgehead atoms. The molecule has 0 spiro atoms. The molecule has 1 N–H and O–H groups in total. The Kier molecular flexibility index (Phi) is 3.73. The van der Waals surface area contributed by atoms with Gasteiger partial charge in [0.05, 0.1) is 0 Å². The molecule has 0 aromatic heterocycles. The highest BCUT2D eigenvalue weighted by molar-refractivity contribution is 5.69. The molecule has 0 rings (SSSR count). The van der Waals surface area contributed by atoms with Crippen molar-refractivity contribution in [3.05, 3.63) is 0 Å². The van der Waals surface area contributed by atoms with E-state index in [0.717, 1.165) is 0 Å². The number of hydrogen-bond acceptors (Lipinski definition) is 2. The van der Waals surface area contributed by atoms with Gasteiger partial charge in [-0.25, -0.2) is 10.1 Å². The van der Waals surface area contributed by atoms with Gasteiger partial charge in [-0.3, -0.25) is 0 Å². The van der Waals surface area contributed by atoms with Crippen molar-refractivity contribution >= 4 is 6.09 Å². The van der Waals surface area contributed by atoms with Crippen LogP contribution in [-0.4, -0.2) is 12.7 Å². The number of hydrogen-bond donors (Lipinski definition) is 1. The van der Waals surface area contributed by atoms with Crippen LogP contribution in [0.4, 0.5) is 4.79 Å². The lowest BCUT2D eigenvalue weighted by atomic mass is 10.8. The number of carbonyl (C=O) groups excluding carboxylic acids is 1. The molecule has 46 valence electrons. The highest BCUT2D eigenvalue weighted by Crippen LogP contribution is 1.72. The summed E-state index contributed by atoms with van der Waals surface area (Å²) in [5.41, 5.74) is 0. The molecule has 0 unspecified atom stereocenters. The van der Waals surface area contributed by atoms with Crippen LogP contribution in [0.25, 0.3) is 0 Å². The third-order valence-corrected chi connectivity index (χ3v) is 0.461. The van der Waals surface area contributed by atoms with Crippen LogP contribution in [-0.2, 0) is 4.74 Å². The lowest BCUT2D eigenvalue weighted by Gasteiger charge is -1.94. The summed E-state index contributed by atoms with van der Waals surface area (Å²) in [4.78, 5) is 10.2. The van der Waals surface area contributed by atoms with Crippen molar-refractivity contribution in [3.8, 4) is 24.8 Å². The maximum Gasteiger partial charge on any atom is 0.419 e. The minimum absolute atomic E-state index is 0.0620. The minimum atomic E-state index is -0.699. The van der Waals surface area contributed by atoms with Gasteiger partial charge in [0.1, 0.15) is 0 Å². The van der Waals surface area contributed by atoms with Crippen LogP contribution in [0.3, 0.4) is 0 Å². The van der Waals surface area contributed by atoms with Crippen LogP contribution in [0.1, 0.15) is 0 Å². The number of ether oxygens (including phenoxy) is 1. The van der Waals surface area contributed by atoms with E-state index in [2.05, 4.69) is 17.1 Å². The number of terminal acetylenes is 2. The van der Waals surface area contributed by atoms with Gasteiger partial charge in [-0.1, -0.05) is 12.3 Å². The van der Waals surface area contributed by atoms with E-state index in [9.17, 15) is 4.79 Å². The van der Waals surface area contributed by atoms with E-state index in [1.54, 1.807) is 0 Å². The maximum atomic E-state index is 10.2. The Morgan fingerprint density at radius 3 is 2.78 bits per heavy atom. The van der Waals surface area contributed by atoms with E-state index in [1.165, 1.54) is 0 Å². The fourth-order valence-corrected chi connectivity index (χ4v) is 0.202. The average molecular weight is 123 g/mol. The quantitative estimate of drug-likeness (QED) is 0.391. The van der Waals surface area contributed by atoms with Crippen LogP contribution in [0, 0.1) is 24.8 Å². The number of carbonyl (C=O) groups is 1. The summed E-state index contributed by atoms with van der Waals surface area (Å²) in [6.45, 7) is -0.0620. The number of alkyl carbamates (subject to hydrolysis) is 1. The number of amides is 1. The van der Waals surface area contributed by atoms with Gasteiger partial charge in [0.2, 0.25) is 0 Å². The van der Waals surface area contributed by atoms with Gasteiger partial charge >= 0.3 is 6.09 Å². The normalized spacial score (nSPS) is 6.44. The zero-order valence-corrected chi connectivity index (χ0v) is 4.68. The molecule has 9 heavy (non-hydrogen) atoms. The van der Waals surface area contributed by atoms with Crippen LogP contribution in [0.2, 0.25) is 0 Å². The van der Waals surface area contributed by atoms with Crippen molar-refractivity contribution in [3.63, 3.8) is 0 Å². The molecule has 0 radical (unpaired) electrons. The second kappa shape index (κ2) is 4.55. The van der Waals surface area contributed by atoms with Gasteiger partial charge in [0.15, 0.2) is 6.61 Å². The van der Waals surface area contributed by atoms with E-state index < -0.39 is 6.09 Å². The van der Waals surface area contributed by atoms with Crippen LogP contribution >= 0.6 is 0 Å². The van der Waals surface area contributed by atoms with Crippen molar-refractivity contribution in [2.24, 2.45) is 0 Å². The third-order valence-electron chi connectivity index (χ3n) is 0.461. The zero-order valence-electron chi connectivity index (χ0n) is 4.68. The molecule has 0 aliphatic rings. The van der Waals surface area contributed by atoms with Crippen molar-refractivity contribution in [1.82, 2.24) is 5.32 Å². The molecule has 0 aliphatic carbocycles. The first-order valence-electron chi connectivity index (χ1n) is 2.13. The smallest absolute Gasteiger partial charge is 0.419 e. The van der Waals surface area contributed by atoms with Gasteiger partial charge in [-0.15, -0.1) is 6.42 Å². The molecule has 0 aliphatic heterocycles. The Morgan fingerprint density at radius 1 is 1.67 bits per heavy atom. The Morgan fingerprint density at radius 2 is 2.33 bits per heavy atom. The van der Waals surface area contributed by atoms with E-state index >= 15 is 0 Å². The van der Waals surface area contributed by atoms with E-state index in [4.69, 9.17) is 6.42 Å². The first-order valence-corrected chi connectivity index (χ1v) is 2.13. The number of nitrogens with one attached hydrogen (secondary N) is 1. The number of rotatable bonds is 1. The van der Waals surface area contributed by atoms with E-state index in [1.807, 2.05) is 11.4 Å². The first-order chi connectivity index (χ1) is 4.31. The van der Waals surface area contributed by atoms with Gasteiger partial charge in [0, 0.05) is 6.04 Å². The zero-order chi connectivity index (χ0) is 7.11. The van der Waals surface area contributed by atoms with Gasteiger partial charge in [0.25, 0.3) is 0 Å². The Balaban J connectivity index is 3.33. The van der Waals surface area contributed by atoms with Crippen LogP contribution in [0.15, 0.2) is 0 Å². The second-order valence-corrected chi connectivity index (χ2v) is 1.05. The summed E-state index contributed by atoms with van der Waals surface area (Å²) in [5, 5.41) is 1.95. The Hall–Kier alpha value is -1.61. The molecule has 0 saturated carbocycles. The summed E-state index contributed by atoms with van der Waals surface area (Å²) < 4.78 is 4.30. The summed E-state index contributed by atoms with van der Waals surface area (Å²) in [6, 6.07) is 1.88. The summed E-state index contributed by atoms with van der Waals surface area (Å²) in [5.74, 6) is 2.11. The SMILES string of the molecule is C#CCOC(=O)NC#C. The lowest BCUT2D eigenvalue weighted by molar-refractivity contribution is 0.165. The van der Waals surface area contributed by atoms with E-state index in [0.29, 0.717) is 0 Å². The highest BCUT2D eigenvalue weighted by Gasteiger charge is 1.93. The van der Waals surface area contributed by atoms with Crippen molar-refractivity contribution in [2.45, 2.75) is 0 Å². The Labute approximate surface area is 53.4 Å². The third kappa shape index (κ3) is 4.24. The summed E-state index contributed by atoms with van der Waals surface area (Å²) in [7, 11) is 0. The standard InChI is InChI=1S/C6H5NO2/c1-3-5-9-6(8)7-4-2/h1-2H,5H2,(H,7,8). The molecule has 0 saturated heterocycles. The van der Waals surface area contributed by atoms with Crippen molar-refractivity contribution in [2.75, 3.05) is 6.61 Å². The fraction of sp³-hybridized carbons (Fsp3) is 0.167. The molecule has 3 nitrogen and oxygen atoms in total. The molecule has 1 amide bonds. The lowest BCUT2D eigenvalue weighted by Crippen LogP contribution is -2.18. The van der Waals surface area contributed by atoms with Gasteiger partial charge in [-0.05, 0) is 0 Å². The first kappa shape index (κ1) is 7.39. The molecule has 0 heterocycles. The van der Waals surface area contributed by atoms with Gasteiger partial charge < -0.3 is 4.74 Å². The summed E-state index contributed by atoms with van der Waals surface area (Å²) >= 11 is 0. The predicted molar refractivity (Wildman–Crippen MR) is 32.1 cm³/mol. The topological polar surface area (TPSA) is 38.3 Å². The molecule has 3 heteroatoms. The molecule has 0 aromatic carbocycles. The van der Waals surface area contributed by atoms with Crippen LogP contribution < -0.4 is 5.32 Å². The van der Waals surface area contributed by atoms with Gasteiger partial charge in [-0.2, -0.15) is 0 Å². The van der Waals surface area contributed by atoms with Crippen molar-refractivity contribution in [1.29, 1.82) is 0 Å². The Bertz CT molecular complexity index is 172. The monoisotopic (exact) mass is 123 g/mol. The molecule has 0 aromatic rings. The maximum absolute atomic E-state index is 10.2. The highest BCUT2D eigenvalue weighted by atomic mass is 16.5. The minimum Gasteiger partial charge on any atom is -0.436 e. The van der Waals surface area contributed by atoms with Crippen LogP contribution in [0.5, 0.6) is 0 Å². The molecular weight excluding hydrogens is 118 g/mol. The van der Waals surface area contributed by atoms with E-state index in [-0.39, 0.29) is 6.61 Å². The molecular formula is C6H5NO2. The predicted octanol–water partition coefficient (Wildman–Crippen LogP) is -0.0635. The summed E-state index contributed by atoms with van der Waals surface area (Å²) in [6.07, 6.45) is 8.76. The van der Waals surface area contributed by atoms with Crippen molar-refractivity contribution < 1.29 is 9.53 Å². The molecule has 0 fully saturated rings. The average Bonchev–Trinajstić information content (AvgIpc) is 1.85. The molecule has 0 atom stereocenters. The largest absolute Gasteiger partial charge is 0.436 e. The fourth-order valence-electron chi connectivity index (χ4n) is 0.202. The second-order valence-electron chi connectivity index (χ2n) is 1.05.